The zero-order valence-electron chi connectivity index (χ0n) is 9.64. The summed E-state index contributed by atoms with van der Waals surface area (Å²) >= 11 is 27.8. The zero-order valence-corrected chi connectivity index (χ0v) is 14.2. The summed E-state index contributed by atoms with van der Waals surface area (Å²) in [6, 6.07) is 11.2. The van der Waals surface area contributed by atoms with Crippen LogP contribution in [0.4, 0.5) is 0 Å². The van der Waals surface area contributed by atoms with E-state index in [4.69, 9.17) is 46.4 Å². The van der Waals surface area contributed by atoms with Gasteiger partial charge in [0.25, 0.3) is 0 Å². The van der Waals surface area contributed by atoms with Gasteiger partial charge in [-0.25, -0.2) is 0 Å². The first-order valence-electron chi connectivity index (χ1n) is 5.50. The third kappa shape index (κ3) is 4.03. The molecule has 0 amide bonds. The van der Waals surface area contributed by atoms with E-state index in [1.165, 1.54) is 0 Å². The quantitative estimate of drug-likeness (QED) is 0.491. The predicted molar refractivity (Wildman–Crippen MR) is 87.9 cm³/mol. The summed E-state index contributed by atoms with van der Waals surface area (Å²) < 4.78 is 0.930. The maximum atomic E-state index is 6.41. The van der Waals surface area contributed by atoms with E-state index in [1.807, 2.05) is 30.3 Å². The third-order valence-electron chi connectivity index (χ3n) is 2.70. The van der Waals surface area contributed by atoms with Gasteiger partial charge in [-0.15, -0.1) is 11.6 Å². The maximum absolute atomic E-state index is 6.41. The van der Waals surface area contributed by atoms with Crippen LogP contribution in [0.25, 0.3) is 0 Å². The summed E-state index contributed by atoms with van der Waals surface area (Å²) in [6.45, 7) is 0. The molecule has 0 aliphatic rings. The fraction of sp³-hybridized carbons (Fsp3) is 0.143. The van der Waals surface area contributed by atoms with Gasteiger partial charge in [0.1, 0.15) is 0 Å². The molecule has 0 bridgehead atoms. The molecule has 100 valence electrons. The molecular weight excluding hydrogens is 390 g/mol. The molecule has 5 heteroatoms. The van der Waals surface area contributed by atoms with Crippen molar-refractivity contribution >= 4 is 62.3 Å². The second-order valence-electron chi connectivity index (χ2n) is 4.09. The molecule has 0 nitrogen and oxygen atoms in total. The first-order valence-corrected chi connectivity index (χ1v) is 7.86. The number of hydrogen-bond donors (Lipinski definition) is 0. The Kier molecular flexibility index (Phi) is 5.45. The molecule has 2 rings (SSSR count). The molecule has 0 N–H and O–H groups in total. The maximum Gasteiger partial charge on any atom is 0.0640 e. The normalized spacial score (nSPS) is 12.5. The Bertz CT molecular complexity index is 598. The highest BCUT2D eigenvalue weighted by atomic mass is 79.9. The van der Waals surface area contributed by atoms with Gasteiger partial charge < -0.3 is 0 Å². The largest absolute Gasteiger partial charge is 0.117 e. The molecule has 19 heavy (non-hydrogen) atoms. The van der Waals surface area contributed by atoms with Crippen molar-refractivity contribution in [2.24, 2.45) is 0 Å². The lowest BCUT2D eigenvalue weighted by molar-refractivity contribution is 0.920. The Balaban J connectivity index is 2.20. The van der Waals surface area contributed by atoms with E-state index in [0.29, 0.717) is 21.5 Å². The molecule has 0 heterocycles. The molecule has 0 radical (unpaired) electrons. The van der Waals surface area contributed by atoms with Crippen LogP contribution in [0.2, 0.25) is 15.1 Å². The van der Waals surface area contributed by atoms with Crippen LogP contribution in [0.15, 0.2) is 40.9 Å². The van der Waals surface area contributed by atoms with Crippen molar-refractivity contribution < 1.29 is 0 Å². The first-order chi connectivity index (χ1) is 8.97. The Labute approximate surface area is 140 Å². The van der Waals surface area contributed by atoms with Gasteiger partial charge in [0, 0.05) is 9.50 Å². The molecule has 1 atom stereocenters. The van der Waals surface area contributed by atoms with Crippen LogP contribution in [-0.4, -0.2) is 0 Å². The minimum atomic E-state index is -0.210. The summed E-state index contributed by atoms with van der Waals surface area (Å²) in [4.78, 5) is 0. The van der Waals surface area contributed by atoms with E-state index in [-0.39, 0.29) is 5.38 Å². The molecule has 0 aliphatic carbocycles. The molecule has 0 aromatic heterocycles. The summed E-state index contributed by atoms with van der Waals surface area (Å²) in [5, 5.41) is 1.51. The van der Waals surface area contributed by atoms with Crippen LogP contribution >= 0.6 is 62.3 Å². The van der Waals surface area contributed by atoms with E-state index in [9.17, 15) is 0 Å². The molecule has 1 unspecified atom stereocenters. The molecule has 0 saturated carbocycles. The standard InChI is InChI=1S/C14H9BrCl4/c15-9-2-3-10(13(18)7-9)12(17)5-8-1-4-11(16)14(19)6-8/h1-4,6-7,12H,5H2. The Morgan fingerprint density at radius 3 is 2.26 bits per heavy atom. The van der Waals surface area contributed by atoms with E-state index in [2.05, 4.69) is 15.9 Å². The second-order valence-corrected chi connectivity index (χ2v) is 6.75. The highest BCUT2D eigenvalue weighted by molar-refractivity contribution is 9.10. The lowest BCUT2D eigenvalue weighted by atomic mass is 10.0. The molecule has 0 fully saturated rings. The van der Waals surface area contributed by atoms with Crippen LogP contribution in [0, 0.1) is 0 Å². The monoisotopic (exact) mass is 396 g/mol. The second kappa shape index (κ2) is 6.69. The topological polar surface area (TPSA) is 0 Å². The van der Waals surface area contributed by atoms with Crippen LogP contribution in [0.5, 0.6) is 0 Å². The highest BCUT2D eigenvalue weighted by Gasteiger charge is 2.13. The Morgan fingerprint density at radius 1 is 0.895 bits per heavy atom. The van der Waals surface area contributed by atoms with Gasteiger partial charge in [-0.2, -0.15) is 0 Å². The lowest BCUT2D eigenvalue weighted by Crippen LogP contribution is -1.97. The van der Waals surface area contributed by atoms with E-state index >= 15 is 0 Å². The fourth-order valence-corrected chi connectivity index (χ4v) is 3.29. The predicted octanol–water partition coefficient (Wildman–Crippen LogP) is 6.93. The number of halogens is 5. The van der Waals surface area contributed by atoms with Gasteiger partial charge in [-0.3, -0.25) is 0 Å². The van der Waals surface area contributed by atoms with Crippen molar-refractivity contribution in [3.63, 3.8) is 0 Å². The minimum Gasteiger partial charge on any atom is -0.117 e. The van der Waals surface area contributed by atoms with Crippen molar-refractivity contribution in [2.75, 3.05) is 0 Å². The van der Waals surface area contributed by atoms with Crippen LogP contribution in [0.3, 0.4) is 0 Å². The van der Waals surface area contributed by atoms with Gasteiger partial charge >= 0.3 is 0 Å². The number of benzene rings is 2. The van der Waals surface area contributed by atoms with Crippen molar-refractivity contribution in [2.45, 2.75) is 11.8 Å². The Morgan fingerprint density at radius 2 is 1.63 bits per heavy atom. The van der Waals surface area contributed by atoms with Crippen molar-refractivity contribution in [3.8, 4) is 0 Å². The van der Waals surface area contributed by atoms with Crippen LogP contribution in [-0.2, 0) is 6.42 Å². The number of rotatable bonds is 3. The van der Waals surface area contributed by atoms with Crippen LogP contribution in [0.1, 0.15) is 16.5 Å². The van der Waals surface area contributed by atoms with Crippen molar-refractivity contribution in [1.82, 2.24) is 0 Å². The molecule has 0 spiro atoms. The number of alkyl halides is 1. The average Bonchev–Trinajstić information content (AvgIpc) is 2.33. The van der Waals surface area contributed by atoms with Gasteiger partial charge in [0.2, 0.25) is 0 Å². The summed E-state index contributed by atoms with van der Waals surface area (Å²) in [5.41, 5.74) is 1.92. The fourth-order valence-electron chi connectivity index (χ4n) is 1.74. The smallest absolute Gasteiger partial charge is 0.0640 e. The summed E-state index contributed by atoms with van der Waals surface area (Å²) in [7, 11) is 0. The first kappa shape index (κ1) is 15.5. The third-order valence-corrected chi connectivity index (χ3v) is 4.65. The Hall–Kier alpha value is 0.0800. The van der Waals surface area contributed by atoms with Crippen molar-refractivity contribution in [1.29, 1.82) is 0 Å². The molecule has 0 aliphatic heterocycles. The average molecular weight is 399 g/mol. The van der Waals surface area contributed by atoms with E-state index < -0.39 is 0 Å². The van der Waals surface area contributed by atoms with E-state index in [0.717, 1.165) is 15.6 Å². The number of hydrogen-bond acceptors (Lipinski definition) is 0. The minimum absolute atomic E-state index is 0.210. The SMILES string of the molecule is Clc1ccc(CC(Cl)c2ccc(Br)cc2Cl)cc1Cl. The lowest BCUT2D eigenvalue weighted by Gasteiger charge is -2.12. The molecule has 2 aromatic rings. The van der Waals surface area contributed by atoms with Gasteiger partial charge in [0.05, 0.1) is 15.4 Å². The van der Waals surface area contributed by atoms with E-state index in [1.54, 1.807) is 6.07 Å². The summed E-state index contributed by atoms with van der Waals surface area (Å²) in [5.74, 6) is 0. The summed E-state index contributed by atoms with van der Waals surface area (Å²) in [6.07, 6.45) is 0.639. The highest BCUT2D eigenvalue weighted by Crippen LogP contribution is 2.33. The molecule has 2 aromatic carbocycles. The zero-order chi connectivity index (χ0) is 14.0. The van der Waals surface area contributed by atoms with Gasteiger partial charge in [-0.05, 0) is 41.8 Å². The van der Waals surface area contributed by atoms with Crippen LogP contribution < -0.4 is 0 Å². The van der Waals surface area contributed by atoms with Crippen molar-refractivity contribution in [3.05, 3.63) is 67.1 Å². The molecule has 0 saturated heterocycles. The molecular formula is C14H9BrCl4. The van der Waals surface area contributed by atoms with Gasteiger partial charge in [-0.1, -0.05) is 62.9 Å². The van der Waals surface area contributed by atoms with Gasteiger partial charge in [0.15, 0.2) is 0 Å².